The molecule has 0 aliphatic carbocycles. The van der Waals surface area contributed by atoms with Crippen molar-refractivity contribution >= 4 is 21.8 Å². The van der Waals surface area contributed by atoms with Crippen molar-refractivity contribution in [2.75, 3.05) is 20.1 Å². The normalized spacial score (nSPS) is 23.1. The molecule has 13 heavy (non-hydrogen) atoms. The average Bonchev–Trinajstić information content (AvgIpc) is 2.04. The molecule has 3 nitrogen and oxygen atoms in total. The monoisotopic (exact) mass is 244 g/mol. The number of hydrogen-bond acceptors (Lipinski definition) is 2. The highest BCUT2D eigenvalue weighted by molar-refractivity contribution is 9.12. The summed E-state index contributed by atoms with van der Waals surface area (Å²) in [7, 11) is 2.06. The summed E-state index contributed by atoms with van der Waals surface area (Å²) in [4.78, 5) is 15.7. The van der Waals surface area contributed by atoms with Gasteiger partial charge < -0.3 is 10.2 Å². The Bertz CT molecular complexity index is 244. The van der Waals surface area contributed by atoms with Gasteiger partial charge in [-0.1, -0.05) is 0 Å². The third-order valence-corrected chi connectivity index (χ3v) is 2.32. The number of likely N-dealkylation sites (N-methyl/N-ethyl adjacent to an activating group) is 1. The molecule has 0 bridgehead atoms. The van der Waals surface area contributed by atoms with E-state index >= 15 is 0 Å². The number of hydrogen-bond donors (Lipinski definition) is 1. The number of carbonyl (C=O) groups excluding carboxylic acids is 1. The van der Waals surface area contributed by atoms with Gasteiger partial charge in [-0.3, -0.25) is 4.79 Å². The van der Waals surface area contributed by atoms with Crippen LogP contribution >= 0.6 is 15.9 Å². The van der Waals surface area contributed by atoms with Crippen LogP contribution in [-0.2, 0) is 4.79 Å². The molecule has 1 aliphatic heterocycles. The highest BCUT2D eigenvalue weighted by Gasteiger charge is 2.17. The number of nitrogens with one attached hydrogen (secondary N) is 1. The number of nitrogens with zero attached hydrogens (tertiary/aromatic N) is 1. The van der Waals surface area contributed by atoms with Gasteiger partial charge in [-0.05, 0) is 31.3 Å². The van der Waals surface area contributed by atoms with Crippen molar-refractivity contribution in [3.63, 3.8) is 0 Å². The maximum atomic E-state index is 11.1. The van der Waals surface area contributed by atoms with Crippen molar-refractivity contribution in [3.8, 4) is 10.8 Å². The van der Waals surface area contributed by atoms with Gasteiger partial charge >= 0.3 is 0 Å². The predicted octanol–water partition coefficient (Wildman–Crippen LogP) is 0.553. The van der Waals surface area contributed by atoms with Gasteiger partial charge in [0.25, 0.3) is 5.91 Å². The largest absolute Gasteiger partial charge is 0.341 e. The Balaban J connectivity index is 2.34. The van der Waals surface area contributed by atoms with Crippen LogP contribution < -0.4 is 5.32 Å². The summed E-state index contributed by atoms with van der Waals surface area (Å²) in [6.45, 7) is 2.05. The first-order valence-electron chi connectivity index (χ1n) is 4.33. The maximum absolute atomic E-state index is 11.1. The van der Waals surface area contributed by atoms with Crippen molar-refractivity contribution < 1.29 is 4.79 Å². The summed E-state index contributed by atoms with van der Waals surface area (Å²) in [6.07, 6.45) is 2.20. The number of likely N-dealkylation sites (tertiary alicyclic amines) is 1. The molecule has 1 fully saturated rings. The summed E-state index contributed by atoms with van der Waals surface area (Å²) >= 11 is 2.89. The molecule has 1 aliphatic rings. The second kappa shape index (κ2) is 5.25. The molecule has 1 rings (SSSR count). The number of amides is 1. The van der Waals surface area contributed by atoms with E-state index in [2.05, 4.69) is 43.9 Å². The fourth-order valence-electron chi connectivity index (χ4n) is 1.55. The van der Waals surface area contributed by atoms with Gasteiger partial charge in [0.2, 0.25) is 0 Å². The van der Waals surface area contributed by atoms with Crippen molar-refractivity contribution in [2.45, 2.75) is 18.9 Å². The van der Waals surface area contributed by atoms with E-state index < -0.39 is 0 Å². The molecule has 0 aromatic heterocycles. The standard InChI is InChI=1S/C9H13BrN2O/c1-12-6-2-3-8(7-12)11-9(13)4-5-10/h8H,2-3,6-7H2,1H3,(H,11,13). The molecule has 4 heteroatoms. The summed E-state index contributed by atoms with van der Waals surface area (Å²) in [5, 5.41) is 2.87. The molecular weight excluding hydrogens is 232 g/mol. The predicted molar refractivity (Wildman–Crippen MR) is 55.4 cm³/mol. The lowest BCUT2D eigenvalue weighted by Crippen LogP contribution is -2.45. The van der Waals surface area contributed by atoms with E-state index in [0.717, 1.165) is 25.9 Å². The Labute approximate surface area is 87.0 Å². The van der Waals surface area contributed by atoms with E-state index in [9.17, 15) is 4.79 Å². The molecule has 72 valence electrons. The van der Waals surface area contributed by atoms with Gasteiger partial charge in [-0.25, -0.2) is 0 Å². The number of piperidine rings is 1. The third kappa shape index (κ3) is 3.79. The molecule has 1 atom stereocenters. The molecule has 1 amide bonds. The molecule has 1 unspecified atom stereocenters. The molecule has 0 saturated carbocycles. The molecule has 0 aromatic rings. The zero-order valence-corrected chi connectivity index (χ0v) is 9.23. The number of rotatable bonds is 1. The van der Waals surface area contributed by atoms with Crippen LogP contribution in [0, 0.1) is 10.8 Å². The van der Waals surface area contributed by atoms with Crippen molar-refractivity contribution in [2.24, 2.45) is 0 Å². The Kier molecular flexibility index (Phi) is 4.26. The molecule has 1 saturated heterocycles. The lowest BCUT2D eigenvalue weighted by Gasteiger charge is -2.29. The zero-order chi connectivity index (χ0) is 9.68. The van der Waals surface area contributed by atoms with E-state index in [1.165, 1.54) is 0 Å². The minimum absolute atomic E-state index is 0.197. The first-order chi connectivity index (χ1) is 6.22. The van der Waals surface area contributed by atoms with Crippen LogP contribution in [0.2, 0.25) is 0 Å². The minimum atomic E-state index is -0.197. The van der Waals surface area contributed by atoms with Crippen LogP contribution in [0.1, 0.15) is 12.8 Å². The van der Waals surface area contributed by atoms with Crippen LogP contribution in [0.15, 0.2) is 0 Å². The molecule has 0 aromatic carbocycles. The van der Waals surface area contributed by atoms with Gasteiger partial charge in [0, 0.05) is 34.4 Å². The fourth-order valence-corrected chi connectivity index (χ4v) is 1.73. The Morgan fingerprint density at radius 2 is 2.46 bits per heavy atom. The van der Waals surface area contributed by atoms with Crippen LogP contribution in [0.3, 0.4) is 0 Å². The van der Waals surface area contributed by atoms with Crippen LogP contribution in [0.4, 0.5) is 0 Å². The van der Waals surface area contributed by atoms with E-state index in [1.807, 2.05) is 0 Å². The highest BCUT2D eigenvalue weighted by Crippen LogP contribution is 2.07. The smallest absolute Gasteiger partial charge is 0.297 e. The zero-order valence-electron chi connectivity index (χ0n) is 7.64. The molecule has 0 radical (unpaired) electrons. The van der Waals surface area contributed by atoms with Crippen molar-refractivity contribution in [3.05, 3.63) is 0 Å². The summed E-state index contributed by atoms with van der Waals surface area (Å²) in [5.74, 6) is 2.21. The quantitative estimate of drug-likeness (QED) is 0.684. The summed E-state index contributed by atoms with van der Waals surface area (Å²) in [6, 6.07) is 0.264. The second-order valence-corrected chi connectivity index (χ2v) is 3.69. The molecule has 1 N–H and O–H groups in total. The van der Waals surface area contributed by atoms with Gasteiger partial charge in [-0.2, -0.15) is 0 Å². The first kappa shape index (κ1) is 10.6. The first-order valence-corrected chi connectivity index (χ1v) is 5.12. The van der Waals surface area contributed by atoms with E-state index in [1.54, 1.807) is 0 Å². The van der Waals surface area contributed by atoms with Crippen LogP contribution in [0.25, 0.3) is 0 Å². The van der Waals surface area contributed by atoms with Gasteiger partial charge in [-0.15, -0.1) is 0 Å². The SMILES string of the molecule is CN1CCCC(NC(=O)C#CBr)C1. The Morgan fingerprint density at radius 3 is 3.08 bits per heavy atom. The van der Waals surface area contributed by atoms with Gasteiger partial charge in [0.1, 0.15) is 0 Å². The van der Waals surface area contributed by atoms with E-state index in [4.69, 9.17) is 0 Å². The summed E-state index contributed by atoms with van der Waals surface area (Å²) < 4.78 is 0. The van der Waals surface area contributed by atoms with E-state index in [0.29, 0.717) is 0 Å². The third-order valence-electron chi connectivity index (χ3n) is 2.12. The summed E-state index contributed by atoms with van der Waals surface area (Å²) in [5.41, 5.74) is 0. The Hall–Kier alpha value is -0.530. The average molecular weight is 245 g/mol. The maximum Gasteiger partial charge on any atom is 0.297 e. The van der Waals surface area contributed by atoms with Gasteiger partial charge in [0.15, 0.2) is 0 Å². The minimum Gasteiger partial charge on any atom is -0.341 e. The topological polar surface area (TPSA) is 32.3 Å². The van der Waals surface area contributed by atoms with Crippen molar-refractivity contribution in [1.29, 1.82) is 0 Å². The fraction of sp³-hybridized carbons (Fsp3) is 0.667. The molecular formula is C9H13BrN2O. The van der Waals surface area contributed by atoms with Gasteiger partial charge in [0.05, 0.1) is 0 Å². The Morgan fingerprint density at radius 1 is 1.69 bits per heavy atom. The lowest BCUT2D eigenvalue weighted by atomic mass is 10.1. The van der Waals surface area contributed by atoms with Crippen LogP contribution in [-0.4, -0.2) is 37.0 Å². The molecule has 0 spiro atoms. The highest BCUT2D eigenvalue weighted by atomic mass is 79.9. The van der Waals surface area contributed by atoms with E-state index in [-0.39, 0.29) is 11.9 Å². The number of carbonyl (C=O) groups is 1. The van der Waals surface area contributed by atoms with Crippen molar-refractivity contribution in [1.82, 2.24) is 10.2 Å². The van der Waals surface area contributed by atoms with Crippen LogP contribution in [0.5, 0.6) is 0 Å². The second-order valence-electron chi connectivity index (χ2n) is 3.29. The number of halogens is 1. The lowest BCUT2D eigenvalue weighted by molar-refractivity contribution is -0.116. The molecule has 1 heterocycles.